The van der Waals surface area contributed by atoms with Crippen LogP contribution in [0.3, 0.4) is 0 Å². The zero-order chi connectivity index (χ0) is 21.9. The van der Waals surface area contributed by atoms with E-state index in [2.05, 4.69) is 20.9 Å². The number of nitrogens with two attached hydrogens (primary N) is 2. The quantitative estimate of drug-likeness (QED) is 0.130. The molecule has 1 aromatic carbocycles. The van der Waals surface area contributed by atoms with Crippen LogP contribution in [0.4, 0.5) is 0 Å². The van der Waals surface area contributed by atoms with Crippen molar-refractivity contribution in [2.45, 2.75) is 50.2 Å². The van der Waals surface area contributed by atoms with E-state index in [0.29, 0.717) is 32.4 Å². The van der Waals surface area contributed by atoms with Gasteiger partial charge in [0.25, 0.3) is 0 Å². The molecule has 1 fully saturated rings. The van der Waals surface area contributed by atoms with E-state index in [1.54, 1.807) is 7.05 Å². The summed E-state index contributed by atoms with van der Waals surface area (Å²) in [7, 11) is 1.69. The monoisotopic (exact) mass is 416 g/mol. The van der Waals surface area contributed by atoms with Gasteiger partial charge in [-0.3, -0.25) is 19.4 Å². The zero-order valence-electron chi connectivity index (χ0n) is 17.4. The summed E-state index contributed by atoms with van der Waals surface area (Å²) >= 11 is 0. The van der Waals surface area contributed by atoms with Gasteiger partial charge < -0.3 is 27.4 Å². The van der Waals surface area contributed by atoms with Gasteiger partial charge >= 0.3 is 0 Å². The topological polar surface area (TPSA) is 152 Å². The third-order valence-electron chi connectivity index (χ3n) is 5.15. The lowest BCUT2D eigenvalue weighted by molar-refractivity contribution is -0.140. The van der Waals surface area contributed by atoms with E-state index in [1.807, 2.05) is 30.3 Å². The third-order valence-corrected chi connectivity index (χ3v) is 5.15. The van der Waals surface area contributed by atoms with Crippen LogP contribution in [-0.2, 0) is 20.8 Å². The lowest BCUT2D eigenvalue weighted by atomic mass is 9.97. The fraction of sp³-hybridized carbons (Fsp3) is 0.524. The first-order valence-electron chi connectivity index (χ1n) is 10.3. The van der Waals surface area contributed by atoms with E-state index in [-0.39, 0.29) is 18.3 Å². The van der Waals surface area contributed by atoms with Crippen molar-refractivity contribution in [1.29, 1.82) is 0 Å². The van der Waals surface area contributed by atoms with Gasteiger partial charge in [-0.1, -0.05) is 30.3 Å². The first kappa shape index (κ1) is 23.5. The van der Waals surface area contributed by atoms with Crippen LogP contribution in [0, 0.1) is 0 Å². The Morgan fingerprint density at radius 2 is 1.93 bits per heavy atom. The number of benzene rings is 1. The van der Waals surface area contributed by atoms with Crippen LogP contribution in [0.15, 0.2) is 35.3 Å². The fourth-order valence-corrected chi connectivity index (χ4v) is 3.47. The van der Waals surface area contributed by atoms with E-state index in [1.165, 1.54) is 0 Å². The number of carbonyl (C=O) groups is 3. The van der Waals surface area contributed by atoms with Gasteiger partial charge in [-0.25, -0.2) is 0 Å². The van der Waals surface area contributed by atoms with Crippen LogP contribution in [0.25, 0.3) is 0 Å². The molecule has 1 saturated heterocycles. The van der Waals surface area contributed by atoms with Gasteiger partial charge in [-0.2, -0.15) is 0 Å². The molecule has 0 unspecified atom stereocenters. The summed E-state index contributed by atoms with van der Waals surface area (Å²) in [5.41, 5.74) is 11.7. The first-order chi connectivity index (χ1) is 14.4. The number of carbonyl (C=O) groups excluding carboxylic acids is 3. The highest BCUT2D eigenvalue weighted by atomic mass is 16.2. The Bertz CT molecular complexity index is 742. The summed E-state index contributed by atoms with van der Waals surface area (Å²) in [6.45, 7) is 1.03. The average Bonchev–Trinajstić information content (AvgIpc) is 3.28. The summed E-state index contributed by atoms with van der Waals surface area (Å²) in [5.74, 6) is -1.43. The van der Waals surface area contributed by atoms with Gasteiger partial charge in [0.1, 0.15) is 0 Å². The summed E-state index contributed by atoms with van der Waals surface area (Å²) < 4.78 is 0. The molecule has 30 heavy (non-hydrogen) atoms. The summed E-state index contributed by atoms with van der Waals surface area (Å²) in [6.07, 6.45) is 2.69. The van der Waals surface area contributed by atoms with Crippen molar-refractivity contribution in [3.63, 3.8) is 0 Å². The van der Waals surface area contributed by atoms with Crippen molar-refractivity contribution in [2.75, 3.05) is 20.1 Å². The highest BCUT2D eigenvalue weighted by molar-refractivity contribution is 6.41. The average molecular weight is 417 g/mol. The molecule has 1 aliphatic heterocycles. The molecule has 0 radical (unpaired) electrons. The van der Waals surface area contributed by atoms with Gasteiger partial charge in [0.2, 0.25) is 17.5 Å². The van der Waals surface area contributed by atoms with E-state index in [0.717, 1.165) is 12.0 Å². The van der Waals surface area contributed by atoms with Crippen molar-refractivity contribution in [3.05, 3.63) is 35.9 Å². The minimum Gasteiger partial charge on any atom is -0.370 e. The molecule has 0 aromatic heterocycles. The molecule has 1 amide bonds. The minimum atomic E-state index is -0.909. The number of likely N-dealkylation sites (N-methyl/N-ethyl adjacent to an activating group) is 1. The molecule has 0 aliphatic carbocycles. The molecule has 0 spiro atoms. The Kier molecular flexibility index (Phi) is 9.43. The number of aliphatic imine (C=N–C) groups is 1. The van der Waals surface area contributed by atoms with Crippen molar-refractivity contribution in [2.24, 2.45) is 16.5 Å². The van der Waals surface area contributed by atoms with E-state index in [9.17, 15) is 14.4 Å². The number of Topliss-reactive ketones (excluding diaryl/α,β-unsaturated/α-hetero) is 2. The molecular formula is C21H32N6O3. The van der Waals surface area contributed by atoms with Crippen LogP contribution in [0.2, 0.25) is 0 Å². The fourth-order valence-electron chi connectivity index (χ4n) is 3.47. The Morgan fingerprint density at radius 1 is 1.20 bits per heavy atom. The molecule has 9 heteroatoms. The predicted molar refractivity (Wildman–Crippen MR) is 116 cm³/mol. The van der Waals surface area contributed by atoms with E-state index in [4.69, 9.17) is 11.5 Å². The molecule has 1 heterocycles. The maximum absolute atomic E-state index is 12.9. The number of nitrogens with zero attached hydrogens (tertiary/aromatic N) is 1. The van der Waals surface area contributed by atoms with Gasteiger partial charge in [-0.05, 0) is 51.3 Å². The number of rotatable bonds is 12. The van der Waals surface area contributed by atoms with Crippen molar-refractivity contribution >= 4 is 23.4 Å². The normalized spacial score (nSPS) is 17.7. The lowest BCUT2D eigenvalue weighted by Gasteiger charge is -2.22. The number of nitrogens with one attached hydrogen (secondary N) is 3. The third kappa shape index (κ3) is 7.23. The standard InChI is InChI=1S/C21H32N6O3/c1-24-17(13-14-7-3-2-4-8-14)20(30)27-16(10-6-12-26-21(22)23)19(29)18(28)15-9-5-11-25-15/h2-4,7-8,15-17,24-25H,5-6,9-13H2,1H3,(H,27,30)(H4,22,23,26)/t15-,16+,17+/m0/s1. The molecule has 1 aromatic rings. The lowest BCUT2D eigenvalue weighted by Crippen LogP contribution is -2.53. The smallest absolute Gasteiger partial charge is 0.238 e. The Balaban J connectivity index is 2.05. The summed E-state index contributed by atoms with van der Waals surface area (Å²) in [6, 6.07) is 7.68. The maximum atomic E-state index is 12.9. The zero-order valence-corrected chi connectivity index (χ0v) is 17.4. The maximum Gasteiger partial charge on any atom is 0.238 e. The van der Waals surface area contributed by atoms with Crippen molar-refractivity contribution in [1.82, 2.24) is 16.0 Å². The molecule has 2 rings (SSSR count). The van der Waals surface area contributed by atoms with Gasteiger partial charge in [0, 0.05) is 6.54 Å². The number of ketones is 2. The highest BCUT2D eigenvalue weighted by Gasteiger charge is 2.34. The molecule has 7 N–H and O–H groups in total. The molecule has 1 aliphatic rings. The number of amides is 1. The van der Waals surface area contributed by atoms with Crippen LogP contribution >= 0.6 is 0 Å². The number of hydrogen-bond acceptors (Lipinski definition) is 6. The molecule has 0 bridgehead atoms. The van der Waals surface area contributed by atoms with Gasteiger partial charge in [0.05, 0.1) is 18.1 Å². The molecule has 164 valence electrons. The van der Waals surface area contributed by atoms with Crippen molar-refractivity contribution < 1.29 is 14.4 Å². The van der Waals surface area contributed by atoms with Crippen LogP contribution in [0.5, 0.6) is 0 Å². The minimum absolute atomic E-state index is 0.0359. The van der Waals surface area contributed by atoms with Crippen LogP contribution in [0.1, 0.15) is 31.2 Å². The number of guanidine groups is 1. The molecular weight excluding hydrogens is 384 g/mol. The Morgan fingerprint density at radius 3 is 2.53 bits per heavy atom. The molecule has 3 atom stereocenters. The molecule has 9 nitrogen and oxygen atoms in total. The second kappa shape index (κ2) is 12.0. The van der Waals surface area contributed by atoms with Gasteiger partial charge in [0.15, 0.2) is 5.96 Å². The predicted octanol–water partition coefficient (Wildman–Crippen LogP) is -0.754. The summed E-state index contributed by atoms with van der Waals surface area (Å²) in [5, 5.41) is 8.80. The Labute approximate surface area is 177 Å². The van der Waals surface area contributed by atoms with Crippen molar-refractivity contribution in [3.8, 4) is 0 Å². The SMILES string of the molecule is CN[C@H](Cc1ccccc1)C(=O)N[C@H](CCCN=C(N)N)C(=O)C(=O)[C@@H]1CCCN1. The van der Waals surface area contributed by atoms with Crippen LogP contribution < -0.4 is 27.4 Å². The molecule has 0 saturated carbocycles. The van der Waals surface area contributed by atoms with E-state index < -0.39 is 29.7 Å². The summed E-state index contributed by atoms with van der Waals surface area (Å²) in [4.78, 5) is 42.2. The van der Waals surface area contributed by atoms with E-state index >= 15 is 0 Å². The Hall–Kier alpha value is -2.78. The largest absolute Gasteiger partial charge is 0.370 e. The number of hydrogen-bond donors (Lipinski definition) is 5. The highest BCUT2D eigenvalue weighted by Crippen LogP contribution is 2.11. The first-order valence-corrected chi connectivity index (χ1v) is 10.3. The second-order valence-electron chi connectivity index (χ2n) is 7.42. The second-order valence-corrected chi connectivity index (χ2v) is 7.42. The van der Waals surface area contributed by atoms with Gasteiger partial charge in [-0.15, -0.1) is 0 Å². The van der Waals surface area contributed by atoms with Crippen LogP contribution in [-0.4, -0.2) is 61.7 Å².